The van der Waals surface area contributed by atoms with Crippen LogP contribution in [0, 0.1) is 0 Å². The molecule has 1 amide bonds. The predicted molar refractivity (Wildman–Crippen MR) is 115 cm³/mol. The van der Waals surface area contributed by atoms with E-state index in [1.54, 1.807) is 0 Å². The lowest BCUT2D eigenvalue weighted by atomic mass is 10.1. The zero-order valence-electron chi connectivity index (χ0n) is 19.2. The number of alkyl carbamates (subject to hydrolysis) is 1. The van der Waals surface area contributed by atoms with Crippen molar-refractivity contribution in [2.75, 3.05) is 19.0 Å². The van der Waals surface area contributed by atoms with Gasteiger partial charge in [-0.1, -0.05) is 0 Å². The lowest BCUT2D eigenvalue weighted by Crippen LogP contribution is -2.39. The number of carbonyl (C=O) groups excluding carboxylic acids is 1. The van der Waals surface area contributed by atoms with Crippen LogP contribution in [0.15, 0.2) is 18.3 Å². The van der Waals surface area contributed by atoms with E-state index in [1.165, 1.54) is 23.8 Å². The van der Waals surface area contributed by atoms with Crippen molar-refractivity contribution in [1.82, 2.24) is 29.9 Å². The largest absolute Gasteiger partial charge is 0.441 e. The molecule has 1 aliphatic heterocycles. The number of halogens is 4. The van der Waals surface area contributed by atoms with Crippen LogP contribution in [0.4, 0.5) is 34.1 Å². The number of hydrogen-bond donors (Lipinski definition) is 3. The minimum Gasteiger partial charge on any atom is -0.441 e. The van der Waals surface area contributed by atoms with Crippen LogP contribution >= 0.6 is 0 Å². The van der Waals surface area contributed by atoms with Gasteiger partial charge < -0.3 is 24.8 Å². The van der Waals surface area contributed by atoms with E-state index < -0.39 is 36.3 Å². The average Bonchev–Trinajstić information content (AvgIpc) is 3.14. The van der Waals surface area contributed by atoms with Crippen molar-refractivity contribution in [3.63, 3.8) is 0 Å². The summed E-state index contributed by atoms with van der Waals surface area (Å²) < 4.78 is 72.1. The first-order valence-electron chi connectivity index (χ1n) is 11.1. The third-order valence-corrected chi connectivity index (χ3v) is 5.98. The van der Waals surface area contributed by atoms with Gasteiger partial charge >= 0.3 is 12.3 Å². The summed E-state index contributed by atoms with van der Waals surface area (Å²) in [5, 5.41) is 12.0. The molecule has 0 radical (unpaired) electrons. The number of hydrogen-bond acceptors (Lipinski definition) is 8. The summed E-state index contributed by atoms with van der Waals surface area (Å²) in [6, 6.07) is 2.20. The molecule has 5 rings (SSSR count). The van der Waals surface area contributed by atoms with Gasteiger partial charge in [0.1, 0.15) is 11.8 Å². The van der Waals surface area contributed by atoms with Gasteiger partial charge in [0, 0.05) is 31.0 Å². The number of carbonyl (C=O) groups is 1. The van der Waals surface area contributed by atoms with Crippen molar-refractivity contribution in [3.05, 3.63) is 35.4 Å². The first-order valence-corrected chi connectivity index (χ1v) is 11.1. The van der Waals surface area contributed by atoms with Crippen LogP contribution in [-0.2, 0) is 27.0 Å². The van der Waals surface area contributed by atoms with E-state index in [1.807, 2.05) is 6.92 Å². The van der Waals surface area contributed by atoms with Crippen molar-refractivity contribution in [2.45, 2.75) is 56.5 Å². The van der Waals surface area contributed by atoms with Gasteiger partial charge in [0.05, 0.1) is 24.6 Å². The van der Waals surface area contributed by atoms with Gasteiger partial charge in [-0.25, -0.2) is 19.2 Å². The van der Waals surface area contributed by atoms with Gasteiger partial charge in [0.25, 0.3) is 0 Å². The number of anilines is 2. The molecule has 3 atom stereocenters. The molecule has 194 valence electrons. The summed E-state index contributed by atoms with van der Waals surface area (Å²) in [6.07, 6.45) is -6.20. The van der Waals surface area contributed by atoms with E-state index in [2.05, 4.69) is 30.8 Å². The molecule has 1 aliphatic carbocycles. The molecule has 0 spiro atoms. The van der Waals surface area contributed by atoms with Crippen LogP contribution in [0.2, 0.25) is 0 Å². The van der Waals surface area contributed by atoms with Crippen molar-refractivity contribution in [1.29, 1.82) is 0 Å². The standard InChI is InChI=1S/C21H23F4N7O4/c1-20(3-4-20)29-19(33)36-12-9-35-17(16(12)22)11-5-14(31-30-11)28-18-27-13(21(23,24)25)6-15-26-10(8-34-2)7-32(15)18/h5-7,12,16-17H,3-4,8-9H2,1-2H3,(H,29,33)(H2,27,28,30,31)/t12-,16-,17-/m1/s1. The number of fused-ring (bicyclic) bond motifs is 1. The highest BCUT2D eigenvalue weighted by Gasteiger charge is 2.44. The van der Waals surface area contributed by atoms with E-state index in [4.69, 9.17) is 14.2 Å². The fourth-order valence-corrected chi connectivity index (χ4v) is 3.81. The molecular weight excluding hydrogens is 490 g/mol. The van der Waals surface area contributed by atoms with Crippen LogP contribution < -0.4 is 10.6 Å². The van der Waals surface area contributed by atoms with Crippen molar-refractivity contribution >= 4 is 23.5 Å². The smallest absolute Gasteiger partial charge is 0.433 e. The van der Waals surface area contributed by atoms with Gasteiger partial charge in [-0.05, 0) is 19.8 Å². The number of nitrogens with one attached hydrogen (secondary N) is 3. The fraction of sp³-hybridized carbons (Fsp3) is 0.524. The second kappa shape index (κ2) is 8.89. The van der Waals surface area contributed by atoms with Crippen LogP contribution in [0.3, 0.4) is 0 Å². The predicted octanol–water partition coefficient (Wildman–Crippen LogP) is 3.42. The van der Waals surface area contributed by atoms with E-state index >= 15 is 0 Å². The Morgan fingerprint density at radius 3 is 2.81 bits per heavy atom. The zero-order valence-corrected chi connectivity index (χ0v) is 19.2. The number of imidazole rings is 1. The maximum Gasteiger partial charge on any atom is 0.433 e. The Kier molecular flexibility index (Phi) is 5.98. The Labute approximate surface area is 201 Å². The first-order chi connectivity index (χ1) is 17.0. The van der Waals surface area contributed by atoms with E-state index in [0.717, 1.165) is 18.9 Å². The van der Waals surface area contributed by atoms with Crippen LogP contribution in [0.5, 0.6) is 0 Å². The minimum absolute atomic E-state index is 0.00362. The molecule has 15 heteroatoms. The molecule has 2 aliphatic rings. The number of rotatable bonds is 7. The highest BCUT2D eigenvalue weighted by atomic mass is 19.4. The summed E-state index contributed by atoms with van der Waals surface area (Å²) >= 11 is 0. The quantitative estimate of drug-likeness (QED) is 0.410. The summed E-state index contributed by atoms with van der Waals surface area (Å²) in [7, 11) is 1.44. The fourth-order valence-electron chi connectivity index (χ4n) is 3.81. The normalized spacial score (nSPS) is 23.1. The molecule has 4 heterocycles. The molecule has 3 aromatic rings. The van der Waals surface area contributed by atoms with E-state index in [9.17, 15) is 22.4 Å². The second-order valence-electron chi connectivity index (χ2n) is 9.02. The molecular formula is C21H23F4N7O4. The lowest BCUT2D eigenvalue weighted by molar-refractivity contribution is -0.141. The van der Waals surface area contributed by atoms with Gasteiger partial charge in [-0.15, -0.1) is 0 Å². The number of H-pyrrole nitrogens is 1. The number of alkyl halides is 4. The van der Waals surface area contributed by atoms with Crippen molar-refractivity contribution in [3.8, 4) is 0 Å². The Morgan fingerprint density at radius 2 is 2.11 bits per heavy atom. The maximum atomic E-state index is 15.0. The van der Waals surface area contributed by atoms with Gasteiger partial charge in [-0.2, -0.15) is 18.3 Å². The summed E-state index contributed by atoms with van der Waals surface area (Å²) in [6.45, 7) is 1.79. The molecule has 0 bridgehead atoms. The number of aromatic amines is 1. The molecule has 0 aromatic carbocycles. The molecule has 3 aromatic heterocycles. The number of aromatic nitrogens is 5. The zero-order chi connectivity index (χ0) is 25.7. The third-order valence-electron chi connectivity index (χ3n) is 5.98. The molecule has 3 N–H and O–H groups in total. The topological polar surface area (TPSA) is 128 Å². The highest BCUT2D eigenvalue weighted by Crippen LogP contribution is 2.36. The Morgan fingerprint density at radius 1 is 1.33 bits per heavy atom. The number of methoxy groups -OCH3 is 1. The SMILES string of the molecule is COCc1cn2c(Nc3cc([C@H]4OC[C@@H](OC(=O)NC5(C)CC5)[C@H]4F)[nH]n3)nc(C(F)(F)F)cc2n1. The van der Waals surface area contributed by atoms with Crippen LogP contribution in [0.1, 0.15) is 43.0 Å². The van der Waals surface area contributed by atoms with Crippen molar-refractivity contribution in [2.24, 2.45) is 0 Å². The molecule has 11 nitrogen and oxygen atoms in total. The van der Waals surface area contributed by atoms with Crippen LogP contribution in [0.25, 0.3) is 5.65 Å². The van der Waals surface area contributed by atoms with E-state index in [0.29, 0.717) is 5.69 Å². The van der Waals surface area contributed by atoms with Gasteiger partial charge in [-0.3, -0.25) is 9.50 Å². The number of nitrogens with zero attached hydrogens (tertiary/aromatic N) is 4. The third kappa shape index (κ3) is 4.93. The average molecular weight is 513 g/mol. The molecule has 36 heavy (non-hydrogen) atoms. The molecule has 2 fully saturated rings. The Bertz CT molecular complexity index is 1270. The van der Waals surface area contributed by atoms with Crippen LogP contribution in [-0.4, -0.2) is 62.2 Å². The Balaban J connectivity index is 1.32. The first kappa shape index (κ1) is 24.2. The summed E-state index contributed by atoms with van der Waals surface area (Å²) in [5.74, 6) is -0.136. The summed E-state index contributed by atoms with van der Waals surface area (Å²) in [5.41, 5.74) is -0.851. The Hall–Kier alpha value is -3.46. The number of ether oxygens (including phenoxy) is 3. The van der Waals surface area contributed by atoms with Gasteiger partial charge in [0.15, 0.2) is 23.8 Å². The monoisotopic (exact) mass is 513 g/mol. The molecule has 1 saturated carbocycles. The highest BCUT2D eigenvalue weighted by molar-refractivity contribution is 5.69. The van der Waals surface area contributed by atoms with Gasteiger partial charge in [0.2, 0.25) is 5.95 Å². The maximum absolute atomic E-state index is 15.0. The second-order valence-corrected chi connectivity index (χ2v) is 9.02. The molecule has 1 saturated heterocycles. The lowest BCUT2D eigenvalue weighted by Gasteiger charge is -2.17. The summed E-state index contributed by atoms with van der Waals surface area (Å²) in [4.78, 5) is 19.8. The number of amides is 1. The minimum atomic E-state index is -4.71. The molecule has 0 unspecified atom stereocenters. The van der Waals surface area contributed by atoms with Crippen molar-refractivity contribution < 1.29 is 36.6 Å². The van der Waals surface area contributed by atoms with E-state index in [-0.39, 0.29) is 41.9 Å².